The lowest BCUT2D eigenvalue weighted by Gasteiger charge is -2.07. The number of hydrogen-bond donors (Lipinski definition) is 1. The molecule has 1 N–H and O–H groups in total. The molecule has 1 aliphatic heterocycles. The van der Waals surface area contributed by atoms with Crippen molar-refractivity contribution in [3.8, 4) is 11.5 Å². The standard InChI is InChI=1S/C20H15NO7/c1-11-2-4-15-13(6-11)14(22)8-18(28-15)20(24)25-9-19(23)21-12-3-5-16-17(7-12)27-10-26-16/h2-8H,9-10H2,1H3,(H,21,23). The number of anilines is 1. The molecule has 0 unspecified atom stereocenters. The molecule has 2 heterocycles. The van der Waals surface area contributed by atoms with E-state index < -0.39 is 18.5 Å². The number of nitrogens with one attached hydrogen (secondary N) is 1. The molecule has 1 aromatic heterocycles. The van der Waals surface area contributed by atoms with E-state index in [9.17, 15) is 14.4 Å². The summed E-state index contributed by atoms with van der Waals surface area (Å²) < 4.78 is 20.8. The van der Waals surface area contributed by atoms with E-state index in [2.05, 4.69) is 5.32 Å². The van der Waals surface area contributed by atoms with Gasteiger partial charge >= 0.3 is 5.97 Å². The maximum absolute atomic E-state index is 12.2. The van der Waals surface area contributed by atoms with Crippen LogP contribution in [0.4, 0.5) is 5.69 Å². The van der Waals surface area contributed by atoms with Crippen LogP contribution < -0.4 is 20.2 Å². The molecule has 1 aliphatic rings. The molecule has 0 fully saturated rings. The van der Waals surface area contributed by atoms with Gasteiger partial charge in [0.15, 0.2) is 23.5 Å². The van der Waals surface area contributed by atoms with Crippen LogP contribution in [0.15, 0.2) is 51.7 Å². The minimum atomic E-state index is -0.902. The van der Waals surface area contributed by atoms with Crippen LogP contribution in [0.5, 0.6) is 11.5 Å². The van der Waals surface area contributed by atoms with E-state index in [1.807, 2.05) is 6.92 Å². The van der Waals surface area contributed by atoms with Gasteiger partial charge in [0, 0.05) is 17.8 Å². The number of aryl methyl sites for hydroxylation is 1. The molecule has 1 amide bonds. The molecule has 0 atom stereocenters. The Hall–Kier alpha value is -3.81. The molecule has 0 bridgehead atoms. The van der Waals surface area contributed by atoms with Crippen molar-refractivity contribution >= 4 is 28.5 Å². The van der Waals surface area contributed by atoms with Gasteiger partial charge in [-0.15, -0.1) is 0 Å². The van der Waals surface area contributed by atoms with Gasteiger partial charge < -0.3 is 23.9 Å². The van der Waals surface area contributed by atoms with E-state index in [1.54, 1.807) is 36.4 Å². The fourth-order valence-electron chi connectivity index (χ4n) is 2.74. The number of fused-ring (bicyclic) bond motifs is 2. The average molecular weight is 381 g/mol. The molecule has 0 radical (unpaired) electrons. The maximum Gasteiger partial charge on any atom is 0.374 e. The minimum absolute atomic E-state index is 0.126. The summed E-state index contributed by atoms with van der Waals surface area (Å²) in [5, 5.41) is 2.95. The molecule has 0 saturated carbocycles. The van der Waals surface area contributed by atoms with Gasteiger partial charge in [-0.2, -0.15) is 0 Å². The van der Waals surface area contributed by atoms with Crippen molar-refractivity contribution in [1.29, 1.82) is 0 Å². The lowest BCUT2D eigenvalue weighted by atomic mass is 10.1. The zero-order chi connectivity index (χ0) is 19.7. The van der Waals surface area contributed by atoms with Crippen LogP contribution in [0, 0.1) is 6.92 Å². The summed E-state index contributed by atoms with van der Waals surface area (Å²) in [6, 6.07) is 11.0. The van der Waals surface area contributed by atoms with Crippen LogP contribution in [-0.4, -0.2) is 25.3 Å². The Bertz CT molecular complexity index is 1150. The van der Waals surface area contributed by atoms with Crippen molar-refractivity contribution < 1.29 is 28.2 Å². The van der Waals surface area contributed by atoms with Crippen molar-refractivity contribution in [2.24, 2.45) is 0 Å². The molecule has 28 heavy (non-hydrogen) atoms. The Kier molecular flexibility index (Phi) is 4.44. The third kappa shape index (κ3) is 3.52. The highest BCUT2D eigenvalue weighted by atomic mass is 16.7. The van der Waals surface area contributed by atoms with E-state index in [-0.39, 0.29) is 23.6 Å². The highest BCUT2D eigenvalue weighted by molar-refractivity contribution is 5.95. The zero-order valence-electron chi connectivity index (χ0n) is 14.8. The van der Waals surface area contributed by atoms with Crippen LogP contribution in [-0.2, 0) is 9.53 Å². The summed E-state index contributed by atoms with van der Waals surface area (Å²) in [5.74, 6) is -0.613. The molecule has 3 aromatic rings. The van der Waals surface area contributed by atoms with Gasteiger partial charge in [-0.3, -0.25) is 9.59 Å². The molecule has 8 nitrogen and oxygen atoms in total. The molecular weight excluding hydrogens is 366 g/mol. The lowest BCUT2D eigenvalue weighted by molar-refractivity contribution is -0.119. The van der Waals surface area contributed by atoms with Crippen LogP contribution in [0.1, 0.15) is 16.1 Å². The van der Waals surface area contributed by atoms with Gasteiger partial charge in [0.25, 0.3) is 5.91 Å². The molecule has 142 valence electrons. The molecule has 4 rings (SSSR count). The Morgan fingerprint density at radius 3 is 2.75 bits per heavy atom. The second-order valence-corrected chi connectivity index (χ2v) is 6.17. The Balaban J connectivity index is 1.41. The van der Waals surface area contributed by atoms with E-state index in [1.165, 1.54) is 0 Å². The largest absolute Gasteiger partial charge is 0.454 e. The third-order valence-electron chi connectivity index (χ3n) is 4.07. The van der Waals surface area contributed by atoms with Crippen molar-refractivity contribution in [3.63, 3.8) is 0 Å². The van der Waals surface area contributed by atoms with E-state index in [0.717, 1.165) is 11.6 Å². The number of carbonyl (C=O) groups is 2. The highest BCUT2D eigenvalue weighted by Crippen LogP contribution is 2.34. The fourth-order valence-corrected chi connectivity index (χ4v) is 2.74. The van der Waals surface area contributed by atoms with Crippen molar-refractivity contribution in [1.82, 2.24) is 0 Å². The van der Waals surface area contributed by atoms with Gasteiger partial charge in [0.2, 0.25) is 12.6 Å². The topological polar surface area (TPSA) is 104 Å². The number of hydrogen-bond acceptors (Lipinski definition) is 7. The number of carbonyl (C=O) groups excluding carboxylic acids is 2. The fraction of sp³-hybridized carbons (Fsp3) is 0.150. The Morgan fingerprint density at radius 1 is 1.07 bits per heavy atom. The predicted molar refractivity (Wildman–Crippen MR) is 98.7 cm³/mol. The SMILES string of the molecule is Cc1ccc2oc(C(=O)OCC(=O)Nc3ccc4c(c3)OCO4)cc(=O)c2c1. The molecule has 2 aromatic carbocycles. The first-order chi connectivity index (χ1) is 13.5. The van der Waals surface area contributed by atoms with Crippen LogP contribution in [0.3, 0.4) is 0 Å². The molecule has 0 aliphatic carbocycles. The van der Waals surface area contributed by atoms with E-state index in [4.69, 9.17) is 18.6 Å². The number of esters is 1. The van der Waals surface area contributed by atoms with Crippen LogP contribution in [0.2, 0.25) is 0 Å². The quantitative estimate of drug-likeness (QED) is 0.693. The zero-order valence-corrected chi connectivity index (χ0v) is 14.8. The number of amides is 1. The summed E-state index contributed by atoms with van der Waals surface area (Å²) in [5.41, 5.74) is 1.28. The van der Waals surface area contributed by atoms with Gasteiger partial charge in [0.1, 0.15) is 5.58 Å². The predicted octanol–water partition coefficient (Wildman–Crippen LogP) is 2.63. The summed E-state index contributed by atoms with van der Waals surface area (Å²) in [6.45, 7) is 1.43. The summed E-state index contributed by atoms with van der Waals surface area (Å²) in [7, 11) is 0. The monoisotopic (exact) mass is 381 g/mol. The normalized spacial score (nSPS) is 12.0. The third-order valence-corrected chi connectivity index (χ3v) is 4.07. The summed E-state index contributed by atoms with van der Waals surface area (Å²) in [6.07, 6.45) is 0. The van der Waals surface area contributed by atoms with Crippen molar-refractivity contribution in [2.75, 3.05) is 18.7 Å². The second kappa shape index (κ2) is 7.07. The van der Waals surface area contributed by atoms with Gasteiger partial charge in [0.05, 0.1) is 5.39 Å². The molecule has 0 saturated heterocycles. The minimum Gasteiger partial charge on any atom is -0.454 e. The number of rotatable bonds is 4. The number of benzene rings is 2. The van der Waals surface area contributed by atoms with Crippen molar-refractivity contribution in [2.45, 2.75) is 6.92 Å². The second-order valence-electron chi connectivity index (χ2n) is 6.17. The smallest absolute Gasteiger partial charge is 0.374 e. The van der Waals surface area contributed by atoms with E-state index in [0.29, 0.717) is 22.6 Å². The average Bonchev–Trinajstić information content (AvgIpc) is 3.14. The van der Waals surface area contributed by atoms with Crippen LogP contribution >= 0.6 is 0 Å². The van der Waals surface area contributed by atoms with Crippen LogP contribution in [0.25, 0.3) is 11.0 Å². The lowest BCUT2D eigenvalue weighted by Crippen LogP contribution is -2.21. The molecular formula is C20H15NO7. The first-order valence-electron chi connectivity index (χ1n) is 8.41. The first kappa shape index (κ1) is 17.6. The Labute approximate surface area is 158 Å². The molecule has 0 spiro atoms. The van der Waals surface area contributed by atoms with Crippen molar-refractivity contribution in [3.05, 3.63) is 64.0 Å². The summed E-state index contributed by atoms with van der Waals surface area (Å²) in [4.78, 5) is 36.3. The maximum atomic E-state index is 12.2. The highest BCUT2D eigenvalue weighted by Gasteiger charge is 2.17. The summed E-state index contributed by atoms with van der Waals surface area (Å²) >= 11 is 0. The first-order valence-corrected chi connectivity index (χ1v) is 8.41. The number of ether oxygens (including phenoxy) is 3. The van der Waals surface area contributed by atoms with Gasteiger partial charge in [-0.1, -0.05) is 11.6 Å². The van der Waals surface area contributed by atoms with Gasteiger partial charge in [-0.25, -0.2) is 4.79 Å². The Morgan fingerprint density at radius 2 is 1.89 bits per heavy atom. The molecule has 8 heteroatoms. The van der Waals surface area contributed by atoms with E-state index >= 15 is 0 Å². The van der Waals surface area contributed by atoms with Gasteiger partial charge in [-0.05, 0) is 31.2 Å².